The van der Waals surface area contributed by atoms with Crippen molar-refractivity contribution in [1.29, 1.82) is 0 Å². The number of ether oxygens (including phenoxy) is 1. The Kier molecular flexibility index (Phi) is 5.52. The topological polar surface area (TPSA) is 103 Å². The summed E-state index contributed by atoms with van der Waals surface area (Å²) < 4.78 is 10.9. The number of hydrogen-bond donors (Lipinski definition) is 1. The van der Waals surface area contributed by atoms with E-state index in [1.54, 1.807) is 25.4 Å². The lowest BCUT2D eigenvalue weighted by molar-refractivity contribution is -0.149. The number of nitrogens with zero attached hydrogens (tertiary/aromatic N) is 4. The molecule has 0 aliphatic rings. The number of aryl methyl sites for hydroxylation is 1. The van der Waals surface area contributed by atoms with Crippen LogP contribution >= 0.6 is 0 Å². The zero-order valence-electron chi connectivity index (χ0n) is 14.5. The first-order valence-corrected chi connectivity index (χ1v) is 8.22. The van der Waals surface area contributed by atoms with Crippen LogP contribution in [0.3, 0.4) is 0 Å². The van der Waals surface area contributed by atoms with Gasteiger partial charge in [-0.25, -0.2) is 9.97 Å². The van der Waals surface area contributed by atoms with Gasteiger partial charge in [0, 0.05) is 24.5 Å². The molecule has 0 aliphatic heterocycles. The van der Waals surface area contributed by atoms with E-state index >= 15 is 0 Å². The number of esters is 1. The maximum absolute atomic E-state index is 11.9. The van der Waals surface area contributed by atoms with Crippen LogP contribution in [0, 0.1) is 6.92 Å². The van der Waals surface area contributed by atoms with E-state index in [0.717, 1.165) is 11.1 Å². The molecule has 3 aromatic rings. The Morgan fingerprint density at radius 3 is 2.65 bits per heavy atom. The van der Waals surface area contributed by atoms with Gasteiger partial charge in [0.05, 0.1) is 6.42 Å². The van der Waals surface area contributed by atoms with Gasteiger partial charge in [0.1, 0.15) is 0 Å². The highest BCUT2D eigenvalue weighted by atomic mass is 16.6. The summed E-state index contributed by atoms with van der Waals surface area (Å²) in [5.74, 6) is 0.739. The van der Waals surface area contributed by atoms with Gasteiger partial charge < -0.3 is 14.5 Å². The first-order chi connectivity index (χ1) is 12.6. The Labute approximate surface area is 150 Å². The Balaban J connectivity index is 1.50. The SMILES string of the molecule is Cc1ccc(-c2nnc(C(C)OC(=O)CCNc3ncccn3)o2)cc1. The lowest BCUT2D eigenvalue weighted by Gasteiger charge is -2.09. The molecule has 134 valence electrons. The lowest BCUT2D eigenvalue weighted by Crippen LogP contribution is -2.14. The molecule has 2 heterocycles. The third-order valence-electron chi connectivity index (χ3n) is 3.57. The van der Waals surface area contributed by atoms with Crippen molar-refractivity contribution in [3.63, 3.8) is 0 Å². The van der Waals surface area contributed by atoms with E-state index in [4.69, 9.17) is 9.15 Å². The molecule has 0 spiro atoms. The quantitative estimate of drug-likeness (QED) is 0.647. The molecule has 0 bridgehead atoms. The Hall–Kier alpha value is -3.29. The van der Waals surface area contributed by atoms with E-state index in [2.05, 4.69) is 25.5 Å². The highest BCUT2D eigenvalue weighted by Gasteiger charge is 2.18. The zero-order valence-corrected chi connectivity index (χ0v) is 14.5. The second-order valence-corrected chi connectivity index (χ2v) is 5.69. The van der Waals surface area contributed by atoms with Gasteiger partial charge in [-0.1, -0.05) is 17.7 Å². The summed E-state index contributed by atoms with van der Waals surface area (Å²) in [4.78, 5) is 20.0. The normalized spacial score (nSPS) is 11.8. The molecule has 8 heteroatoms. The highest BCUT2D eigenvalue weighted by Crippen LogP contribution is 2.22. The molecular formula is C18H19N5O3. The predicted molar refractivity (Wildman–Crippen MR) is 94.1 cm³/mol. The summed E-state index contributed by atoms with van der Waals surface area (Å²) in [5.41, 5.74) is 1.96. The predicted octanol–water partition coefficient (Wildman–Crippen LogP) is 2.94. The third kappa shape index (κ3) is 4.62. The summed E-state index contributed by atoms with van der Waals surface area (Å²) in [7, 11) is 0. The van der Waals surface area contributed by atoms with Crippen LogP contribution in [0.2, 0.25) is 0 Å². The molecule has 26 heavy (non-hydrogen) atoms. The number of carbonyl (C=O) groups is 1. The molecular weight excluding hydrogens is 334 g/mol. The van der Waals surface area contributed by atoms with Crippen LogP contribution in [0.4, 0.5) is 5.95 Å². The molecule has 1 atom stereocenters. The minimum Gasteiger partial charge on any atom is -0.453 e. The average Bonchev–Trinajstić information content (AvgIpc) is 3.13. The number of aromatic nitrogens is 4. The summed E-state index contributed by atoms with van der Waals surface area (Å²) in [6, 6.07) is 9.45. The van der Waals surface area contributed by atoms with Gasteiger partial charge in [-0.2, -0.15) is 0 Å². The van der Waals surface area contributed by atoms with E-state index in [0.29, 0.717) is 18.4 Å². The average molecular weight is 353 g/mol. The van der Waals surface area contributed by atoms with Crippen molar-refractivity contribution in [1.82, 2.24) is 20.2 Å². The van der Waals surface area contributed by atoms with Crippen LogP contribution in [-0.2, 0) is 9.53 Å². The fourth-order valence-electron chi connectivity index (χ4n) is 2.18. The number of benzene rings is 1. The number of anilines is 1. The number of carbonyl (C=O) groups excluding carboxylic acids is 1. The fraction of sp³-hybridized carbons (Fsp3) is 0.278. The van der Waals surface area contributed by atoms with Gasteiger partial charge in [-0.3, -0.25) is 4.79 Å². The maximum atomic E-state index is 11.9. The van der Waals surface area contributed by atoms with Crippen LogP contribution < -0.4 is 5.32 Å². The number of hydrogen-bond acceptors (Lipinski definition) is 8. The molecule has 0 aliphatic carbocycles. The fourth-order valence-corrected chi connectivity index (χ4v) is 2.18. The molecule has 3 rings (SSSR count). The van der Waals surface area contributed by atoms with Crippen molar-refractivity contribution in [2.75, 3.05) is 11.9 Å². The van der Waals surface area contributed by atoms with Crippen molar-refractivity contribution in [3.8, 4) is 11.5 Å². The Morgan fingerprint density at radius 1 is 1.19 bits per heavy atom. The van der Waals surface area contributed by atoms with Gasteiger partial charge in [0.15, 0.2) is 6.10 Å². The van der Waals surface area contributed by atoms with Crippen molar-refractivity contribution in [2.24, 2.45) is 0 Å². The van der Waals surface area contributed by atoms with E-state index < -0.39 is 6.10 Å². The van der Waals surface area contributed by atoms with Gasteiger partial charge in [0.25, 0.3) is 5.89 Å². The van der Waals surface area contributed by atoms with Crippen LogP contribution in [0.1, 0.15) is 30.9 Å². The molecule has 2 aromatic heterocycles. The second-order valence-electron chi connectivity index (χ2n) is 5.69. The van der Waals surface area contributed by atoms with Crippen molar-refractivity contribution in [2.45, 2.75) is 26.4 Å². The summed E-state index contributed by atoms with van der Waals surface area (Å²) in [5, 5.41) is 10.9. The smallest absolute Gasteiger partial charge is 0.308 e. The number of nitrogens with one attached hydrogen (secondary N) is 1. The summed E-state index contributed by atoms with van der Waals surface area (Å²) in [6.45, 7) is 4.06. The number of rotatable bonds is 7. The Bertz CT molecular complexity index is 849. The van der Waals surface area contributed by atoms with Crippen molar-refractivity contribution < 1.29 is 13.9 Å². The lowest BCUT2D eigenvalue weighted by atomic mass is 10.1. The van der Waals surface area contributed by atoms with E-state index in [1.165, 1.54) is 0 Å². The van der Waals surface area contributed by atoms with E-state index in [1.807, 2.05) is 31.2 Å². The second kappa shape index (κ2) is 8.19. The molecule has 0 radical (unpaired) electrons. The van der Waals surface area contributed by atoms with E-state index in [9.17, 15) is 4.79 Å². The minimum absolute atomic E-state index is 0.168. The van der Waals surface area contributed by atoms with Crippen molar-refractivity contribution in [3.05, 3.63) is 54.2 Å². The molecule has 0 fully saturated rings. The molecule has 1 unspecified atom stereocenters. The zero-order chi connectivity index (χ0) is 18.4. The van der Waals surface area contributed by atoms with Crippen LogP contribution in [0.5, 0.6) is 0 Å². The highest BCUT2D eigenvalue weighted by molar-refractivity contribution is 5.70. The van der Waals surface area contributed by atoms with Gasteiger partial charge >= 0.3 is 5.97 Å². The van der Waals surface area contributed by atoms with Crippen LogP contribution in [0.15, 0.2) is 47.1 Å². The minimum atomic E-state index is -0.623. The first kappa shape index (κ1) is 17.5. The summed E-state index contributed by atoms with van der Waals surface area (Å²) in [6.07, 6.45) is 2.79. The molecule has 0 saturated heterocycles. The van der Waals surface area contributed by atoms with Crippen LogP contribution in [-0.4, -0.2) is 32.7 Å². The molecule has 1 aromatic carbocycles. The van der Waals surface area contributed by atoms with Crippen molar-refractivity contribution >= 4 is 11.9 Å². The monoisotopic (exact) mass is 353 g/mol. The van der Waals surface area contributed by atoms with Gasteiger partial charge in [-0.15, -0.1) is 10.2 Å². The van der Waals surface area contributed by atoms with E-state index in [-0.39, 0.29) is 18.3 Å². The molecule has 1 N–H and O–H groups in total. The summed E-state index contributed by atoms with van der Waals surface area (Å²) >= 11 is 0. The third-order valence-corrected chi connectivity index (χ3v) is 3.57. The Morgan fingerprint density at radius 2 is 1.92 bits per heavy atom. The van der Waals surface area contributed by atoms with Crippen LogP contribution in [0.25, 0.3) is 11.5 Å². The largest absolute Gasteiger partial charge is 0.453 e. The standard InChI is InChI=1S/C18H19N5O3/c1-12-4-6-14(7-5-12)17-23-22-16(26-17)13(2)25-15(24)8-11-21-18-19-9-3-10-20-18/h3-7,9-10,13H,8,11H2,1-2H3,(H,19,20,21). The molecule has 0 amide bonds. The molecule has 8 nitrogen and oxygen atoms in total. The van der Waals surface area contributed by atoms with Gasteiger partial charge in [-0.05, 0) is 32.0 Å². The van der Waals surface area contributed by atoms with Gasteiger partial charge in [0.2, 0.25) is 11.8 Å². The molecule has 0 saturated carbocycles. The maximum Gasteiger partial charge on any atom is 0.308 e. The first-order valence-electron chi connectivity index (χ1n) is 8.22.